The van der Waals surface area contributed by atoms with Crippen LogP contribution < -0.4 is 5.32 Å². The van der Waals surface area contributed by atoms with Gasteiger partial charge in [0.2, 0.25) is 5.91 Å². The van der Waals surface area contributed by atoms with Crippen molar-refractivity contribution in [1.82, 2.24) is 0 Å². The SMILES string of the molecule is Cc1ccc(NC(=O)C(C)(C)CCl)cc1C(F)(F)F. The van der Waals surface area contributed by atoms with E-state index >= 15 is 0 Å². The number of anilines is 1. The van der Waals surface area contributed by atoms with Gasteiger partial charge in [-0.3, -0.25) is 4.79 Å². The van der Waals surface area contributed by atoms with E-state index in [2.05, 4.69) is 5.32 Å². The maximum atomic E-state index is 12.7. The molecule has 1 aromatic carbocycles. The van der Waals surface area contributed by atoms with Gasteiger partial charge in [0, 0.05) is 11.6 Å². The molecule has 0 saturated carbocycles. The van der Waals surface area contributed by atoms with Gasteiger partial charge < -0.3 is 5.32 Å². The number of benzene rings is 1. The van der Waals surface area contributed by atoms with E-state index < -0.39 is 23.1 Å². The van der Waals surface area contributed by atoms with Crippen molar-refractivity contribution < 1.29 is 18.0 Å². The molecule has 1 amide bonds. The van der Waals surface area contributed by atoms with E-state index in [1.54, 1.807) is 13.8 Å². The van der Waals surface area contributed by atoms with E-state index in [9.17, 15) is 18.0 Å². The van der Waals surface area contributed by atoms with Gasteiger partial charge in [-0.2, -0.15) is 13.2 Å². The molecule has 0 aliphatic rings. The van der Waals surface area contributed by atoms with Crippen molar-refractivity contribution in [2.24, 2.45) is 5.41 Å². The maximum Gasteiger partial charge on any atom is 0.416 e. The van der Waals surface area contributed by atoms with Crippen LogP contribution in [-0.2, 0) is 11.0 Å². The van der Waals surface area contributed by atoms with E-state index in [0.29, 0.717) is 0 Å². The fourth-order valence-corrected chi connectivity index (χ4v) is 1.49. The van der Waals surface area contributed by atoms with Crippen molar-refractivity contribution in [1.29, 1.82) is 0 Å². The predicted molar refractivity (Wildman–Crippen MR) is 69.3 cm³/mol. The summed E-state index contributed by atoms with van der Waals surface area (Å²) in [5, 5.41) is 2.45. The molecule has 0 heterocycles. The average molecular weight is 294 g/mol. The topological polar surface area (TPSA) is 29.1 Å². The molecule has 0 aliphatic carbocycles. The number of hydrogen-bond donors (Lipinski definition) is 1. The first-order chi connectivity index (χ1) is 8.58. The number of hydrogen-bond acceptors (Lipinski definition) is 1. The van der Waals surface area contributed by atoms with Gasteiger partial charge in [-0.1, -0.05) is 6.07 Å². The van der Waals surface area contributed by atoms with E-state index in [1.165, 1.54) is 19.1 Å². The van der Waals surface area contributed by atoms with Gasteiger partial charge in [-0.15, -0.1) is 11.6 Å². The van der Waals surface area contributed by atoms with E-state index in [0.717, 1.165) is 6.07 Å². The largest absolute Gasteiger partial charge is 0.416 e. The van der Waals surface area contributed by atoms with Gasteiger partial charge in [0.25, 0.3) is 0 Å². The molecule has 0 saturated heterocycles. The fourth-order valence-electron chi connectivity index (χ4n) is 1.37. The Morgan fingerprint density at radius 3 is 2.37 bits per heavy atom. The molecule has 1 rings (SSSR count). The van der Waals surface area contributed by atoms with Crippen molar-refractivity contribution >= 4 is 23.2 Å². The van der Waals surface area contributed by atoms with Crippen LogP contribution in [0.4, 0.5) is 18.9 Å². The molecule has 0 radical (unpaired) electrons. The van der Waals surface area contributed by atoms with Crippen molar-refractivity contribution in [3.05, 3.63) is 29.3 Å². The summed E-state index contributed by atoms with van der Waals surface area (Å²) in [6.45, 7) is 4.61. The van der Waals surface area contributed by atoms with Crippen LogP contribution in [0, 0.1) is 12.3 Å². The third-order valence-electron chi connectivity index (χ3n) is 2.75. The average Bonchev–Trinajstić information content (AvgIpc) is 2.30. The summed E-state index contributed by atoms with van der Waals surface area (Å²) in [6, 6.07) is 3.69. The van der Waals surface area contributed by atoms with E-state index in [1.807, 2.05) is 0 Å². The van der Waals surface area contributed by atoms with E-state index in [-0.39, 0.29) is 17.1 Å². The number of carbonyl (C=O) groups is 1. The number of alkyl halides is 4. The van der Waals surface area contributed by atoms with Gasteiger partial charge in [0.1, 0.15) is 0 Å². The lowest BCUT2D eigenvalue weighted by atomic mass is 9.95. The van der Waals surface area contributed by atoms with Gasteiger partial charge in [0.15, 0.2) is 0 Å². The summed E-state index contributed by atoms with van der Waals surface area (Å²) in [6.07, 6.45) is -4.44. The van der Waals surface area contributed by atoms with Gasteiger partial charge in [-0.05, 0) is 38.5 Å². The van der Waals surface area contributed by atoms with Crippen LogP contribution >= 0.6 is 11.6 Å². The molecule has 0 aliphatic heterocycles. The second-order valence-electron chi connectivity index (χ2n) is 5.00. The van der Waals surface area contributed by atoms with Gasteiger partial charge in [-0.25, -0.2) is 0 Å². The summed E-state index contributed by atoms with van der Waals surface area (Å²) in [7, 11) is 0. The molecular formula is C13H15ClF3NO. The molecule has 0 atom stereocenters. The Bertz CT molecular complexity index is 483. The Morgan fingerprint density at radius 2 is 1.89 bits per heavy atom. The normalized spacial score (nSPS) is 12.4. The number of rotatable bonds is 3. The van der Waals surface area contributed by atoms with Crippen LogP contribution in [0.5, 0.6) is 0 Å². The Morgan fingerprint density at radius 1 is 1.32 bits per heavy atom. The molecular weight excluding hydrogens is 279 g/mol. The third-order valence-corrected chi connectivity index (χ3v) is 3.42. The lowest BCUT2D eigenvalue weighted by molar-refractivity contribution is -0.138. The predicted octanol–water partition coefficient (Wildman–Crippen LogP) is 4.22. The Hall–Kier alpha value is -1.23. The van der Waals surface area contributed by atoms with Crippen LogP contribution in [-0.4, -0.2) is 11.8 Å². The lowest BCUT2D eigenvalue weighted by Crippen LogP contribution is -2.32. The number of amides is 1. The summed E-state index contributed by atoms with van der Waals surface area (Å²) in [5.41, 5.74) is -1.37. The highest BCUT2D eigenvalue weighted by Crippen LogP contribution is 2.33. The molecule has 2 nitrogen and oxygen atoms in total. The minimum Gasteiger partial charge on any atom is -0.326 e. The van der Waals surface area contributed by atoms with Crippen LogP contribution in [0.2, 0.25) is 0 Å². The zero-order valence-electron chi connectivity index (χ0n) is 10.9. The first kappa shape index (κ1) is 15.8. The first-order valence-corrected chi connectivity index (χ1v) is 6.16. The second-order valence-corrected chi connectivity index (χ2v) is 5.27. The highest BCUT2D eigenvalue weighted by Gasteiger charge is 2.33. The Kier molecular flexibility index (Phi) is 4.50. The van der Waals surface area contributed by atoms with Crippen LogP contribution in [0.3, 0.4) is 0 Å². The number of nitrogens with one attached hydrogen (secondary N) is 1. The van der Waals surface area contributed by atoms with Crippen molar-refractivity contribution in [3.63, 3.8) is 0 Å². The second kappa shape index (κ2) is 5.41. The highest BCUT2D eigenvalue weighted by atomic mass is 35.5. The third kappa shape index (κ3) is 3.86. The molecule has 0 spiro atoms. The number of carbonyl (C=O) groups excluding carboxylic acids is 1. The highest BCUT2D eigenvalue weighted by molar-refractivity contribution is 6.20. The molecule has 19 heavy (non-hydrogen) atoms. The summed E-state index contributed by atoms with van der Waals surface area (Å²) in [4.78, 5) is 11.8. The van der Waals surface area contributed by atoms with Crippen molar-refractivity contribution in [2.45, 2.75) is 26.9 Å². The molecule has 1 aromatic rings. The summed E-state index contributed by atoms with van der Waals surface area (Å²) >= 11 is 5.64. The summed E-state index contributed by atoms with van der Waals surface area (Å²) < 4.78 is 38.2. The van der Waals surface area contributed by atoms with Gasteiger partial charge >= 0.3 is 6.18 Å². The molecule has 6 heteroatoms. The van der Waals surface area contributed by atoms with Crippen molar-refractivity contribution in [3.8, 4) is 0 Å². The van der Waals surface area contributed by atoms with Crippen molar-refractivity contribution in [2.75, 3.05) is 11.2 Å². The number of halogens is 4. The Balaban J connectivity index is 3.02. The monoisotopic (exact) mass is 293 g/mol. The minimum absolute atomic E-state index is 0.0802. The molecule has 0 bridgehead atoms. The lowest BCUT2D eigenvalue weighted by Gasteiger charge is -2.21. The molecule has 0 aromatic heterocycles. The van der Waals surface area contributed by atoms with Crippen LogP contribution in [0.1, 0.15) is 25.0 Å². The molecule has 106 valence electrons. The first-order valence-electron chi connectivity index (χ1n) is 5.63. The van der Waals surface area contributed by atoms with E-state index in [4.69, 9.17) is 11.6 Å². The zero-order chi connectivity index (χ0) is 14.8. The maximum absolute atomic E-state index is 12.7. The molecule has 0 unspecified atom stereocenters. The quantitative estimate of drug-likeness (QED) is 0.831. The smallest absolute Gasteiger partial charge is 0.326 e. The number of aryl methyl sites for hydroxylation is 1. The van der Waals surface area contributed by atoms with Crippen LogP contribution in [0.25, 0.3) is 0 Å². The minimum atomic E-state index is -4.44. The Labute approximate surface area is 114 Å². The van der Waals surface area contributed by atoms with Crippen LogP contribution in [0.15, 0.2) is 18.2 Å². The summed E-state index contributed by atoms with van der Waals surface area (Å²) in [5.74, 6) is -0.337. The molecule has 0 fully saturated rings. The fraction of sp³-hybridized carbons (Fsp3) is 0.462. The zero-order valence-corrected chi connectivity index (χ0v) is 11.6. The molecule has 1 N–H and O–H groups in total. The standard InChI is InChI=1S/C13H15ClF3NO/c1-8-4-5-9(6-10(8)13(15,16)17)18-11(19)12(2,3)7-14/h4-6H,7H2,1-3H3,(H,18,19). The van der Waals surface area contributed by atoms with Gasteiger partial charge in [0.05, 0.1) is 11.0 Å².